The Kier molecular flexibility index (Phi) is 6.42. The molecule has 0 aliphatic heterocycles. The predicted octanol–water partition coefficient (Wildman–Crippen LogP) is 5.17. The number of thioether (sulfide) groups is 1. The maximum Gasteiger partial charge on any atom is 0.230 e. The second kappa shape index (κ2) is 8.08. The van der Waals surface area contributed by atoms with Crippen LogP contribution in [0.15, 0.2) is 36.4 Å². The van der Waals surface area contributed by atoms with Crippen LogP contribution in [0.2, 0.25) is 9.36 Å². The van der Waals surface area contributed by atoms with Crippen molar-refractivity contribution in [2.45, 2.75) is 18.7 Å². The Morgan fingerprint density at radius 2 is 2.14 bits per heavy atom. The Bertz CT molecular complexity index is 615. The summed E-state index contributed by atoms with van der Waals surface area (Å²) >= 11 is 15.0. The van der Waals surface area contributed by atoms with Gasteiger partial charge in [-0.3, -0.25) is 4.79 Å². The average molecular weight is 360 g/mol. The number of nitrogens with one attached hydrogen (secondary N) is 1. The summed E-state index contributed by atoms with van der Waals surface area (Å²) in [4.78, 5) is 13.1. The lowest BCUT2D eigenvalue weighted by molar-refractivity contribution is -0.119. The van der Waals surface area contributed by atoms with E-state index in [0.29, 0.717) is 10.8 Å². The lowest BCUT2D eigenvalue weighted by atomic mass is 10.1. The van der Waals surface area contributed by atoms with Crippen LogP contribution in [0.25, 0.3) is 0 Å². The second-order valence-electron chi connectivity index (χ2n) is 4.54. The molecule has 112 valence electrons. The summed E-state index contributed by atoms with van der Waals surface area (Å²) in [5.41, 5.74) is 1.01. The molecule has 2 aromatic rings. The fourth-order valence-electron chi connectivity index (χ4n) is 1.82. The number of amides is 1. The number of benzene rings is 1. The van der Waals surface area contributed by atoms with Crippen molar-refractivity contribution in [1.82, 2.24) is 5.32 Å². The molecule has 0 spiro atoms. The highest BCUT2D eigenvalue weighted by Crippen LogP contribution is 2.25. The average Bonchev–Trinajstić information content (AvgIpc) is 2.84. The van der Waals surface area contributed by atoms with Gasteiger partial charge in [0.25, 0.3) is 0 Å². The van der Waals surface area contributed by atoms with Crippen molar-refractivity contribution in [3.8, 4) is 0 Å². The molecule has 21 heavy (non-hydrogen) atoms. The zero-order valence-corrected chi connectivity index (χ0v) is 14.6. The van der Waals surface area contributed by atoms with Gasteiger partial charge in [-0.2, -0.15) is 0 Å². The molecule has 0 aliphatic carbocycles. The minimum absolute atomic E-state index is 0.0233. The topological polar surface area (TPSA) is 29.1 Å². The van der Waals surface area contributed by atoms with E-state index in [1.54, 1.807) is 23.1 Å². The Balaban J connectivity index is 1.76. The van der Waals surface area contributed by atoms with E-state index in [1.165, 1.54) is 4.88 Å². The quantitative estimate of drug-likeness (QED) is 0.770. The van der Waals surface area contributed by atoms with Crippen LogP contribution in [0.3, 0.4) is 0 Å². The number of rotatable bonds is 6. The van der Waals surface area contributed by atoms with E-state index < -0.39 is 0 Å². The molecule has 1 aromatic heterocycles. The van der Waals surface area contributed by atoms with Crippen molar-refractivity contribution in [2.24, 2.45) is 0 Å². The number of carbonyl (C=O) groups excluding carboxylic acids is 1. The number of hydrogen-bond donors (Lipinski definition) is 1. The summed E-state index contributed by atoms with van der Waals surface area (Å²) < 4.78 is 0.782. The zero-order valence-electron chi connectivity index (χ0n) is 11.4. The van der Waals surface area contributed by atoms with Crippen LogP contribution in [0.1, 0.15) is 23.4 Å². The fourth-order valence-corrected chi connectivity index (χ4v) is 4.05. The molecule has 0 aliphatic rings. The molecule has 1 heterocycles. The van der Waals surface area contributed by atoms with Gasteiger partial charge in [0, 0.05) is 15.7 Å². The fraction of sp³-hybridized carbons (Fsp3) is 0.267. The van der Waals surface area contributed by atoms with Crippen molar-refractivity contribution >= 4 is 52.2 Å². The van der Waals surface area contributed by atoms with Crippen molar-refractivity contribution in [1.29, 1.82) is 0 Å². The summed E-state index contributed by atoms with van der Waals surface area (Å²) in [6, 6.07) is 11.4. The number of hydrogen-bond acceptors (Lipinski definition) is 3. The van der Waals surface area contributed by atoms with E-state index in [9.17, 15) is 4.79 Å². The second-order valence-corrected chi connectivity index (χ2v) is 7.76. The van der Waals surface area contributed by atoms with Crippen molar-refractivity contribution < 1.29 is 4.79 Å². The van der Waals surface area contributed by atoms with Gasteiger partial charge in [-0.1, -0.05) is 35.3 Å². The van der Waals surface area contributed by atoms with Gasteiger partial charge in [-0.25, -0.2) is 0 Å². The highest BCUT2D eigenvalue weighted by molar-refractivity contribution is 7.99. The van der Waals surface area contributed by atoms with E-state index in [4.69, 9.17) is 23.2 Å². The maximum absolute atomic E-state index is 11.9. The predicted molar refractivity (Wildman–Crippen MR) is 93.5 cm³/mol. The Morgan fingerprint density at radius 1 is 1.33 bits per heavy atom. The van der Waals surface area contributed by atoms with Gasteiger partial charge in [0.2, 0.25) is 5.91 Å². The largest absolute Gasteiger partial charge is 0.349 e. The summed E-state index contributed by atoms with van der Waals surface area (Å²) in [5.74, 6) is 1.26. The van der Waals surface area contributed by atoms with Gasteiger partial charge in [0.1, 0.15) is 0 Å². The smallest absolute Gasteiger partial charge is 0.230 e. The van der Waals surface area contributed by atoms with Gasteiger partial charge in [-0.05, 0) is 36.8 Å². The molecule has 1 N–H and O–H groups in total. The molecular formula is C15H15Cl2NOS2. The third kappa shape index (κ3) is 5.55. The van der Waals surface area contributed by atoms with E-state index in [-0.39, 0.29) is 11.9 Å². The van der Waals surface area contributed by atoms with E-state index >= 15 is 0 Å². The lowest BCUT2D eigenvalue weighted by Crippen LogP contribution is -2.28. The number of carbonyl (C=O) groups is 1. The molecule has 6 heteroatoms. The minimum Gasteiger partial charge on any atom is -0.349 e. The van der Waals surface area contributed by atoms with Crippen LogP contribution in [0.4, 0.5) is 0 Å². The van der Waals surface area contributed by atoms with Crippen LogP contribution in [-0.4, -0.2) is 11.7 Å². The van der Waals surface area contributed by atoms with Gasteiger partial charge < -0.3 is 5.32 Å². The lowest BCUT2D eigenvalue weighted by Gasteiger charge is -2.14. The Labute approximate surface area is 142 Å². The molecule has 1 atom stereocenters. The summed E-state index contributed by atoms with van der Waals surface area (Å²) in [6.07, 6.45) is 0. The Morgan fingerprint density at radius 3 is 2.81 bits per heavy atom. The van der Waals surface area contributed by atoms with Gasteiger partial charge in [0.05, 0.1) is 16.1 Å². The van der Waals surface area contributed by atoms with Crippen LogP contribution < -0.4 is 5.32 Å². The van der Waals surface area contributed by atoms with Gasteiger partial charge in [0.15, 0.2) is 0 Å². The first-order chi connectivity index (χ1) is 10.0. The van der Waals surface area contributed by atoms with Crippen molar-refractivity contribution in [3.63, 3.8) is 0 Å². The zero-order chi connectivity index (χ0) is 15.2. The first-order valence-electron chi connectivity index (χ1n) is 6.41. The third-order valence-corrected chi connectivity index (χ3v) is 5.46. The molecule has 0 saturated carbocycles. The monoisotopic (exact) mass is 359 g/mol. The first kappa shape index (κ1) is 16.7. The summed E-state index contributed by atoms with van der Waals surface area (Å²) in [5, 5.41) is 3.65. The summed E-state index contributed by atoms with van der Waals surface area (Å²) in [6.45, 7) is 1.95. The summed E-state index contributed by atoms with van der Waals surface area (Å²) in [7, 11) is 0. The SMILES string of the molecule is CC(NC(=O)CSCc1ccc(Cl)s1)c1cccc(Cl)c1. The molecule has 0 radical (unpaired) electrons. The molecule has 0 bridgehead atoms. The van der Waals surface area contributed by atoms with E-state index in [0.717, 1.165) is 15.7 Å². The van der Waals surface area contributed by atoms with Crippen molar-refractivity contribution in [3.05, 3.63) is 56.2 Å². The van der Waals surface area contributed by atoms with Gasteiger partial charge >= 0.3 is 0 Å². The van der Waals surface area contributed by atoms with Crippen LogP contribution in [0, 0.1) is 0 Å². The first-order valence-corrected chi connectivity index (χ1v) is 9.14. The molecule has 0 fully saturated rings. The van der Waals surface area contributed by atoms with Gasteiger partial charge in [-0.15, -0.1) is 23.1 Å². The third-order valence-electron chi connectivity index (χ3n) is 2.83. The molecule has 1 unspecified atom stereocenters. The van der Waals surface area contributed by atoms with E-state index in [2.05, 4.69) is 5.32 Å². The normalized spacial score (nSPS) is 12.1. The molecule has 2 rings (SSSR count). The molecule has 2 nitrogen and oxygen atoms in total. The molecule has 1 amide bonds. The highest BCUT2D eigenvalue weighted by Gasteiger charge is 2.10. The van der Waals surface area contributed by atoms with Crippen LogP contribution in [-0.2, 0) is 10.5 Å². The molecule has 0 saturated heterocycles. The highest BCUT2D eigenvalue weighted by atomic mass is 35.5. The number of thiophene rings is 1. The maximum atomic E-state index is 11.9. The van der Waals surface area contributed by atoms with E-state index in [1.807, 2.05) is 43.3 Å². The molecule has 1 aromatic carbocycles. The standard InChI is InChI=1S/C15H15Cl2NOS2/c1-10(11-3-2-4-12(16)7-11)18-15(19)9-20-8-13-5-6-14(17)21-13/h2-7,10H,8-9H2,1H3,(H,18,19). The van der Waals surface area contributed by atoms with Crippen LogP contribution >= 0.6 is 46.3 Å². The van der Waals surface area contributed by atoms with Crippen LogP contribution in [0.5, 0.6) is 0 Å². The van der Waals surface area contributed by atoms with Crippen molar-refractivity contribution in [2.75, 3.05) is 5.75 Å². The minimum atomic E-state index is -0.0482. The molecular weight excluding hydrogens is 345 g/mol. The number of halogens is 2. The Hall–Kier alpha value is -0.680.